The van der Waals surface area contributed by atoms with Gasteiger partial charge in [-0.3, -0.25) is 4.98 Å². The minimum atomic E-state index is -0.462. The van der Waals surface area contributed by atoms with Gasteiger partial charge in [0.2, 0.25) is 0 Å². The molecule has 0 bridgehead atoms. The molecule has 2 N–H and O–H groups in total. The molecule has 0 unspecified atom stereocenters. The first-order valence-corrected chi connectivity index (χ1v) is 8.40. The van der Waals surface area contributed by atoms with E-state index in [-0.39, 0.29) is 5.02 Å². The van der Waals surface area contributed by atoms with Gasteiger partial charge in [0.05, 0.1) is 5.02 Å². The van der Waals surface area contributed by atoms with Gasteiger partial charge in [-0.15, -0.1) is 0 Å². The van der Waals surface area contributed by atoms with E-state index >= 15 is 0 Å². The monoisotopic (exact) mass is 371 g/mol. The Labute approximate surface area is 155 Å². The average molecular weight is 372 g/mol. The van der Waals surface area contributed by atoms with Gasteiger partial charge in [0.15, 0.2) is 5.11 Å². The number of pyridine rings is 1. The summed E-state index contributed by atoms with van der Waals surface area (Å²) in [6, 6.07) is 16.4. The van der Waals surface area contributed by atoms with Crippen molar-refractivity contribution in [1.82, 2.24) is 4.98 Å². The van der Waals surface area contributed by atoms with Crippen LogP contribution in [-0.4, -0.2) is 10.1 Å². The molecule has 0 aliphatic heterocycles. The van der Waals surface area contributed by atoms with Crippen LogP contribution in [0.2, 0.25) is 5.02 Å². The van der Waals surface area contributed by atoms with E-state index in [2.05, 4.69) is 15.6 Å². The highest BCUT2D eigenvalue weighted by molar-refractivity contribution is 7.80. The third kappa shape index (κ3) is 4.98. The fourth-order valence-electron chi connectivity index (χ4n) is 2.31. The van der Waals surface area contributed by atoms with E-state index in [1.165, 1.54) is 23.3 Å². The average Bonchev–Trinajstić information content (AvgIpc) is 2.61. The van der Waals surface area contributed by atoms with Crippen LogP contribution < -0.4 is 10.6 Å². The van der Waals surface area contributed by atoms with E-state index in [1.54, 1.807) is 18.5 Å². The summed E-state index contributed by atoms with van der Waals surface area (Å²) in [7, 11) is 0. The summed E-state index contributed by atoms with van der Waals surface area (Å²) in [6.45, 7) is 0. The molecule has 6 heteroatoms. The zero-order chi connectivity index (χ0) is 17.6. The molecule has 3 nitrogen and oxygen atoms in total. The minimum absolute atomic E-state index is 0.0493. The molecule has 0 aliphatic carbocycles. The molecule has 0 saturated carbocycles. The predicted octanol–water partition coefficient (Wildman–Crippen LogP) is 5.27. The summed E-state index contributed by atoms with van der Waals surface area (Å²) in [5, 5.41) is 6.52. The van der Waals surface area contributed by atoms with Crippen molar-refractivity contribution in [1.29, 1.82) is 0 Å². The first-order chi connectivity index (χ1) is 12.1. The Kier molecular flexibility index (Phi) is 5.58. The molecule has 3 rings (SSSR count). The molecular weight excluding hydrogens is 357 g/mol. The molecule has 25 heavy (non-hydrogen) atoms. The molecule has 3 aromatic rings. The third-order valence-electron chi connectivity index (χ3n) is 3.55. The summed E-state index contributed by atoms with van der Waals surface area (Å²) in [4.78, 5) is 4.02. The van der Waals surface area contributed by atoms with Gasteiger partial charge in [0.1, 0.15) is 5.82 Å². The number of thiocarbonyl (C=S) groups is 1. The van der Waals surface area contributed by atoms with Gasteiger partial charge in [-0.1, -0.05) is 23.7 Å². The Morgan fingerprint density at radius 2 is 1.52 bits per heavy atom. The van der Waals surface area contributed by atoms with Crippen molar-refractivity contribution in [2.45, 2.75) is 6.42 Å². The Balaban J connectivity index is 1.59. The second kappa shape index (κ2) is 8.05. The minimum Gasteiger partial charge on any atom is -0.332 e. The SMILES string of the molecule is Fc1ccc(NC(=S)Nc2ccc(Cc3ccncc3)cc2)cc1Cl. The first-order valence-electron chi connectivity index (χ1n) is 7.61. The molecule has 0 aliphatic rings. The molecule has 1 aromatic heterocycles. The topological polar surface area (TPSA) is 37.0 Å². The van der Waals surface area contributed by atoms with Gasteiger partial charge in [-0.2, -0.15) is 0 Å². The number of hydrogen-bond acceptors (Lipinski definition) is 2. The van der Waals surface area contributed by atoms with Crippen molar-refractivity contribution in [2.75, 3.05) is 10.6 Å². The van der Waals surface area contributed by atoms with E-state index in [0.717, 1.165) is 12.1 Å². The van der Waals surface area contributed by atoms with Crippen molar-refractivity contribution in [2.24, 2.45) is 0 Å². The quantitative estimate of drug-likeness (QED) is 0.612. The molecule has 0 saturated heterocycles. The zero-order valence-electron chi connectivity index (χ0n) is 13.2. The molecule has 0 atom stereocenters. The van der Waals surface area contributed by atoms with Gasteiger partial charge < -0.3 is 10.6 Å². The van der Waals surface area contributed by atoms with Crippen molar-refractivity contribution < 1.29 is 4.39 Å². The number of nitrogens with one attached hydrogen (secondary N) is 2. The van der Waals surface area contributed by atoms with Crippen LogP contribution in [0.3, 0.4) is 0 Å². The highest BCUT2D eigenvalue weighted by atomic mass is 35.5. The number of nitrogens with zero attached hydrogens (tertiary/aromatic N) is 1. The first kappa shape index (κ1) is 17.3. The number of anilines is 2. The van der Waals surface area contributed by atoms with Gasteiger partial charge in [0.25, 0.3) is 0 Å². The number of benzene rings is 2. The zero-order valence-corrected chi connectivity index (χ0v) is 14.7. The van der Waals surface area contributed by atoms with Crippen LogP contribution in [0.4, 0.5) is 15.8 Å². The Morgan fingerprint density at radius 3 is 2.20 bits per heavy atom. The summed E-state index contributed by atoms with van der Waals surface area (Å²) in [5.74, 6) is -0.462. The van der Waals surface area contributed by atoms with Crippen LogP contribution in [0.15, 0.2) is 67.0 Å². The number of halogens is 2. The van der Waals surface area contributed by atoms with Crippen LogP contribution >= 0.6 is 23.8 Å². The molecule has 0 radical (unpaired) electrons. The van der Waals surface area contributed by atoms with Gasteiger partial charge >= 0.3 is 0 Å². The number of hydrogen-bond donors (Lipinski definition) is 2. The van der Waals surface area contributed by atoms with E-state index in [0.29, 0.717) is 10.8 Å². The Morgan fingerprint density at radius 1 is 0.920 bits per heavy atom. The Hall–Kier alpha value is -2.50. The lowest BCUT2D eigenvalue weighted by Gasteiger charge is -2.11. The van der Waals surface area contributed by atoms with Crippen molar-refractivity contribution >= 4 is 40.3 Å². The van der Waals surface area contributed by atoms with E-state index in [9.17, 15) is 4.39 Å². The lowest BCUT2D eigenvalue weighted by atomic mass is 10.1. The molecule has 0 amide bonds. The second-order valence-electron chi connectivity index (χ2n) is 5.44. The highest BCUT2D eigenvalue weighted by Gasteiger charge is 2.03. The lowest BCUT2D eigenvalue weighted by Crippen LogP contribution is -2.19. The predicted molar refractivity (Wildman–Crippen MR) is 105 cm³/mol. The van der Waals surface area contributed by atoms with Gasteiger partial charge in [-0.25, -0.2) is 4.39 Å². The Bertz CT molecular complexity index is 870. The van der Waals surface area contributed by atoms with Crippen LogP contribution in [-0.2, 0) is 6.42 Å². The third-order valence-corrected chi connectivity index (χ3v) is 4.04. The van der Waals surface area contributed by atoms with Gasteiger partial charge in [0, 0.05) is 23.8 Å². The van der Waals surface area contributed by atoms with Crippen LogP contribution in [0.5, 0.6) is 0 Å². The fraction of sp³-hybridized carbons (Fsp3) is 0.0526. The van der Waals surface area contributed by atoms with E-state index in [1.807, 2.05) is 36.4 Å². The summed E-state index contributed by atoms with van der Waals surface area (Å²) in [5.41, 5.74) is 3.89. The van der Waals surface area contributed by atoms with Crippen molar-refractivity contribution in [3.63, 3.8) is 0 Å². The molecule has 2 aromatic carbocycles. The normalized spacial score (nSPS) is 10.3. The summed E-state index contributed by atoms with van der Waals surface area (Å²) >= 11 is 11.0. The smallest absolute Gasteiger partial charge is 0.175 e. The number of aromatic nitrogens is 1. The standard InChI is InChI=1S/C19H15ClFN3S/c20-17-12-16(5-6-18(17)21)24-19(25)23-15-3-1-13(2-4-15)11-14-7-9-22-10-8-14/h1-10,12H,11H2,(H2,23,24,25). The van der Waals surface area contributed by atoms with Gasteiger partial charge in [-0.05, 0) is 72.2 Å². The molecule has 126 valence electrons. The lowest BCUT2D eigenvalue weighted by molar-refractivity contribution is 0.628. The van der Waals surface area contributed by atoms with E-state index < -0.39 is 5.82 Å². The summed E-state index contributed by atoms with van der Waals surface area (Å²) in [6.07, 6.45) is 4.42. The molecule has 0 spiro atoms. The molecule has 1 heterocycles. The summed E-state index contributed by atoms with van der Waals surface area (Å²) < 4.78 is 13.2. The van der Waals surface area contributed by atoms with Crippen molar-refractivity contribution in [3.8, 4) is 0 Å². The van der Waals surface area contributed by atoms with Crippen molar-refractivity contribution in [3.05, 3.63) is 89.0 Å². The van der Waals surface area contributed by atoms with Crippen LogP contribution in [0.1, 0.15) is 11.1 Å². The largest absolute Gasteiger partial charge is 0.332 e. The maximum atomic E-state index is 13.2. The maximum Gasteiger partial charge on any atom is 0.175 e. The highest BCUT2D eigenvalue weighted by Crippen LogP contribution is 2.20. The second-order valence-corrected chi connectivity index (χ2v) is 6.25. The number of rotatable bonds is 4. The maximum absolute atomic E-state index is 13.2. The fourth-order valence-corrected chi connectivity index (χ4v) is 2.73. The molecular formula is C19H15ClFN3S. The molecule has 0 fully saturated rings. The van der Waals surface area contributed by atoms with Crippen LogP contribution in [0.25, 0.3) is 0 Å². The van der Waals surface area contributed by atoms with E-state index in [4.69, 9.17) is 23.8 Å². The van der Waals surface area contributed by atoms with Crippen LogP contribution in [0, 0.1) is 5.82 Å².